The molecule has 0 aromatic carbocycles. The molecule has 0 radical (unpaired) electrons. The van der Waals surface area contributed by atoms with Crippen LogP contribution >= 0.6 is 11.6 Å². The van der Waals surface area contributed by atoms with Gasteiger partial charge in [-0.1, -0.05) is 16.8 Å². The Kier molecular flexibility index (Phi) is 3.53. The Hall–Kier alpha value is -1.22. The van der Waals surface area contributed by atoms with Crippen LogP contribution < -0.4 is 0 Å². The number of halogens is 2. The molecule has 0 amide bonds. The van der Waals surface area contributed by atoms with Gasteiger partial charge in [0.05, 0.1) is 0 Å². The Morgan fingerprint density at radius 1 is 1.50 bits per heavy atom. The van der Waals surface area contributed by atoms with E-state index in [1.54, 1.807) is 6.92 Å². The molecule has 2 rings (SSSR count). The van der Waals surface area contributed by atoms with Crippen LogP contribution in [0.25, 0.3) is 0 Å². The third-order valence-corrected chi connectivity index (χ3v) is 5.39. The quantitative estimate of drug-likeness (QED) is 0.764. The number of sulfone groups is 1. The van der Waals surface area contributed by atoms with Crippen LogP contribution in [0.4, 0.5) is 4.39 Å². The Balaban J connectivity index is 2.39. The van der Waals surface area contributed by atoms with Gasteiger partial charge in [-0.05, 0) is 20.8 Å². The van der Waals surface area contributed by atoms with E-state index < -0.39 is 31.4 Å². The van der Waals surface area contributed by atoms with Crippen molar-refractivity contribution in [3.05, 3.63) is 11.6 Å². The first-order chi connectivity index (χ1) is 9.07. The molecule has 0 unspecified atom stereocenters. The van der Waals surface area contributed by atoms with Crippen LogP contribution in [-0.4, -0.2) is 40.0 Å². The molecule has 0 saturated carbocycles. The lowest BCUT2D eigenvalue weighted by atomic mass is 10.1. The second kappa shape index (κ2) is 4.66. The molecule has 2 atom stereocenters. The van der Waals surface area contributed by atoms with E-state index in [0.717, 1.165) is 0 Å². The van der Waals surface area contributed by atoms with Crippen molar-refractivity contribution in [2.24, 2.45) is 12.2 Å². The van der Waals surface area contributed by atoms with Gasteiger partial charge in [0, 0.05) is 7.05 Å². The molecule has 0 spiro atoms. The molecule has 7 nitrogen and oxygen atoms in total. The zero-order valence-electron chi connectivity index (χ0n) is 11.3. The van der Waals surface area contributed by atoms with Crippen LogP contribution in [0, 0.1) is 6.92 Å². The van der Waals surface area contributed by atoms with Crippen molar-refractivity contribution in [3.8, 4) is 0 Å². The number of aryl methyl sites for hydroxylation is 2. The molecule has 10 heteroatoms. The molecule has 1 aliphatic rings. The van der Waals surface area contributed by atoms with Crippen LogP contribution in [0.1, 0.15) is 30.2 Å². The fraction of sp³-hybridized carbons (Fsp3) is 0.700. The first-order valence-corrected chi connectivity index (χ1v) is 7.71. The molecule has 0 N–H and O–H groups in total. The number of rotatable bonds is 2. The summed E-state index contributed by atoms with van der Waals surface area (Å²) in [5.41, 5.74) is -1.34. The van der Waals surface area contributed by atoms with Gasteiger partial charge in [-0.2, -0.15) is 5.10 Å². The van der Waals surface area contributed by atoms with Gasteiger partial charge in [-0.25, -0.2) is 17.8 Å². The second-order valence-electron chi connectivity index (χ2n) is 4.99. The molecule has 0 fully saturated rings. The highest BCUT2D eigenvalue weighted by atomic mass is 35.5. The first-order valence-electron chi connectivity index (χ1n) is 5.73. The normalized spacial score (nSPS) is 23.3. The van der Waals surface area contributed by atoms with Crippen molar-refractivity contribution in [2.75, 3.05) is 0 Å². The number of aromatic nitrogens is 3. The van der Waals surface area contributed by atoms with E-state index in [4.69, 9.17) is 16.4 Å². The van der Waals surface area contributed by atoms with Crippen LogP contribution in [0.15, 0.2) is 5.16 Å². The molecular formula is C10H14ClFN4O3S. The number of nitrogens with zero attached hydrogens (tertiary/aromatic N) is 4. The Morgan fingerprint density at radius 3 is 2.50 bits per heavy atom. The zero-order chi connectivity index (χ0) is 15.3. The summed E-state index contributed by atoms with van der Waals surface area (Å²) in [5, 5.41) is 6.53. The molecule has 20 heavy (non-hydrogen) atoms. The molecule has 1 aromatic rings. The van der Waals surface area contributed by atoms with Crippen molar-refractivity contribution in [1.82, 2.24) is 14.8 Å². The Labute approximate surface area is 120 Å². The summed E-state index contributed by atoms with van der Waals surface area (Å²) in [5.74, 6) is 0.369. The van der Waals surface area contributed by atoms with E-state index in [2.05, 4.69) is 15.2 Å². The van der Waals surface area contributed by atoms with Crippen molar-refractivity contribution in [1.29, 1.82) is 0 Å². The third kappa shape index (κ3) is 2.28. The lowest BCUT2D eigenvalue weighted by molar-refractivity contribution is -0.0232. The summed E-state index contributed by atoms with van der Waals surface area (Å²) in [6.45, 7) is 4.40. The van der Waals surface area contributed by atoms with Crippen molar-refractivity contribution >= 4 is 26.5 Å². The van der Waals surface area contributed by atoms with Crippen LogP contribution in [0.3, 0.4) is 0 Å². The number of alkyl halides is 2. The molecule has 0 aliphatic carbocycles. The van der Waals surface area contributed by atoms with Crippen molar-refractivity contribution in [3.63, 3.8) is 0 Å². The van der Waals surface area contributed by atoms with Gasteiger partial charge in [0.25, 0.3) is 0 Å². The maximum Gasteiger partial charge on any atom is 0.222 e. The highest BCUT2D eigenvalue weighted by Crippen LogP contribution is 2.35. The minimum atomic E-state index is -4.23. The van der Waals surface area contributed by atoms with Crippen LogP contribution in [0.5, 0.6) is 0 Å². The van der Waals surface area contributed by atoms with E-state index in [0.29, 0.717) is 5.82 Å². The fourth-order valence-corrected chi connectivity index (χ4v) is 3.59. The van der Waals surface area contributed by atoms with Gasteiger partial charge >= 0.3 is 0 Å². The van der Waals surface area contributed by atoms with Gasteiger partial charge in [-0.15, -0.1) is 0 Å². The minimum absolute atomic E-state index is 0.00349. The van der Waals surface area contributed by atoms with Gasteiger partial charge in [0.1, 0.15) is 5.82 Å². The highest BCUT2D eigenvalue weighted by Gasteiger charge is 2.50. The van der Waals surface area contributed by atoms with E-state index in [-0.39, 0.29) is 5.82 Å². The topological polar surface area (TPSA) is 86.4 Å². The lowest BCUT2D eigenvalue weighted by Gasteiger charge is -2.18. The molecular weight excluding hydrogens is 311 g/mol. The van der Waals surface area contributed by atoms with Crippen molar-refractivity contribution < 1.29 is 17.6 Å². The summed E-state index contributed by atoms with van der Waals surface area (Å²) < 4.78 is 38.4. The summed E-state index contributed by atoms with van der Waals surface area (Å²) in [7, 11) is -2.73. The maximum absolute atomic E-state index is 14.1. The monoisotopic (exact) mass is 324 g/mol. The largest absolute Gasteiger partial charge is 0.385 e. The number of hydrogen-bond acceptors (Lipinski definition) is 6. The second-order valence-corrected chi connectivity index (χ2v) is 7.66. The maximum atomic E-state index is 14.1. The Morgan fingerprint density at radius 2 is 2.10 bits per heavy atom. The Bertz CT molecular complexity index is 670. The van der Waals surface area contributed by atoms with E-state index in [1.165, 1.54) is 25.6 Å². The number of hydrogen-bond donors (Lipinski definition) is 0. The molecule has 2 heterocycles. The van der Waals surface area contributed by atoms with E-state index in [9.17, 15) is 12.8 Å². The fourth-order valence-electron chi connectivity index (χ4n) is 1.72. The molecule has 1 aromatic heterocycles. The molecule has 1 aliphatic heterocycles. The van der Waals surface area contributed by atoms with Gasteiger partial charge in [0.15, 0.2) is 22.3 Å². The standard InChI is InChI=1S/C10H14ClFN4O3S/c1-5-13-8(16(4)14-5)7(11)20(17,18)9-6(12)10(2,3)19-15-9/h6-7H,1-4H3/t6-,7-/m1/s1. The average Bonchev–Trinajstić information content (AvgIpc) is 2.79. The number of oxime groups is 1. The van der Waals surface area contributed by atoms with Gasteiger partial charge in [0.2, 0.25) is 14.9 Å². The predicted molar refractivity (Wildman–Crippen MR) is 70.7 cm³/mol. The van der Waals surface area contributed by atoms with Gasteiger partial charge in [-0.3, -0.25) is 4.68 Å². The SMILES string of the molecule is Cc1nc([C@H](Cl)S(=O)(=O)C2=NOC(C)(C)[C@@H]2F)n(C)n1. The molecule has 0 saturated heterocycles. The van der Waals surface area contributed by atoms with Crippen molar-refractivity contribution in [2.45, 2.75) is 37.3 Å². The smallest absolute Gasteiger partial charge is 0.222 e. The third-order valence-electron chi connectivity index (χ3n) is 2.87. The van der Waals surface area contributed by atoms with E-state index >= 15 is 0 Å². The highest BCUT2D eigenvalue weighted by molar-refractivity contribution is 8.07. The average molecular weight is 325 g/mol. The molecule has 112 valence electrons. The summed E-state index contributed by atoms with van der Waals surface area (Å²) >= 11 is 5.94. The molecule has 0 bridgehead atoms. The minimum Gasteiger partial charge on any atom is -0.385 e. The summed E-state index contributed by atoms with van der Waals surface area (Å²) in [6, 6.07) is 0. The van der Waals surface area contributed by atoms with Crippen LogP contribution in [-0.2, 0) is 21.7 Å². The zero-order valence-corrected chi connectivity index (χ0v) is 12.9. The predicted octanol–water partition coefficient (Wildman–Crippen LogP) is 1.24. The van der Waals surface area contributed by atoms with Gasteiger partial charge < -0.3 is 4.84 Å². The summed E-state index contributed by atoms with van der Waals surface area (Å²) in [6.07, 6.45) is -1.89. The summed E-state index contributed by atoms with van der Waals surface area (Å²) in [4.78, 5) is 8.74. The lowest BCUT2D eigenvalue weighted by Crippen LogP contribution is -2.38. The van der Waals surface area contributed by atoms with Crippen LogP contribution in [0.2, 0.25) is 0 Å². The van der Waals surface area contributed by atoms with E-state index in [1.807, 2.05) is 0 Å². The first kappa shape index (κ1) is 15.2.